The molecule has 0 spiro atoms. The highest BCUT2D eigenvalue weighted by Gasteiger charge is 2.19. The van der Waals surface area contributed by atoms with E-state index in [-0.39, 0.29) is 0 Å². The lowest BCUT2D eigenvalue weighted by Gasteiger charge is -2.10. The van der Waals surface area contributed by atoms with Crippen molar-refractivity contribution in [1.82, 2.24) is 4.57 Å². The van der Waals surface area contributed by atoms with E-state index in [0.717, 1.165) is 56.2 Å². The maximum absolute atomic E-state index is 10.2. The lowest BCUT2D eigenvalue weighted by Crippen LogP contribution is -2.05. The third-order valence-corrected chi connectivity index (χ3v) is 6.96. The Morgan fingerprint density at radius 2 is 1.63 bits per heavy atom. The van der Waals surface area contributed by atoms with Crippen LogP contribution in [0.4, 0.5) is 0 Å². The van der Waals surface area contributed by atoms with Gasteiger partial charge in [0.1, 0.15) is 23.3 Å². The minimum Gasteiger partial charge on any atom is -0.497 e. The molecule has 1 aromatic heterocycles. The van der Waals surface area contributed by atoms with Crippen molar-refractivity contribution in [3.8, 4) is 17.6 Å². The Morgan fingerprint density at radius 3 is 2.43 bits per heavy atom. The third-order valence-electron chi connectivity index (χ3n) is 6.32. The van der Waals surface area contributed by atoms with E-state index < -0.39 is 0 Å². The molecule has 0 N–H and O–H groups in total. The molecule has 0 aliphatic heterocycles. The van der Waals surface area contributed by atoms with Crippen molar-refractivity contribution in [2.45, 2.75) is 19.4 Å². The number of halogens is 1. The van der Waals surface area contributed by atoms with Gasteiger partial charge >= 0.3 is 0 Å². The second kappa shape index (κ2) is 10.2. The minimum absolute atomic E-state index is 0.581. The van der Waals surface area contributed by atoms with Crippen molar-refractivity contribution in [3.05, 3.63) is 106 Å². The molecule has 5 heteroatoms. The van der Waals surface area contributed by atoms with Crippen LogP contribution in [-0.4, -0.2) is 18.3 Å². The molecule has 4 aromatic carbocycles. The molecule has 0 aliphatic carbocycles. The van der Waals surface area contributed by atoms with Crippen molar-refractivity contribution < 1.29 is 9.47 Å². The lowest BCUT2D eigenvalue weighted by molar-refractivity contribution is 0.314. The highest BCUT2D eigenvalue weighted by atomic mass is 79.9. The van der Waals surface area contributed by atoms with Crippen molar-refractivity contribution in [2.75, 3.05) is 13.7 Å². The van der Waals surface area contributed by atoms with Crippen LogP contribution in [0.5, 0.6) is 11.5 Å². The van der Waals surface area contributed by atoms with Crippen molar-refractivity contribution in [3.63, 3.8) is 0 Å². The fourth-order valence-electron chi connectivity index (χ4n) is 4.64. The number of methoxy groups -OCH3 is 1. The predicted octanol–water partition coefficient (Wildman–Crippen LogP) is 7.50. The Bertz CT molecular complexity index is 1530. The highest BCUT2D eigenvalue weighted by molar-refractivity contribution is 9.10. The molecule has 0 amide bonds. The number of fused-ring (bicyclic) bond motifs is 2. The smallest absolute Gasteiger partial charge is 0.127 e. The maximum atomic E-state index is 10.2. The van der Waals surface area contributed by atoms with E-state index in [4.69, 9.17) is 9.47 Å². The van der Waals surface area contributed by atoms with Gasteiger partial charge in [-0.2, -0.15) is 5.26 Å². The SMILES string of the molecule is COc1ccc(Cn2c(C#N)c(CCCOc3cccc4ccccc34)c3cccc(Br)c32)cc1. The standard InChI is InChI=1S/C30H25BrN2O2/c1-34-23-16-14-21(15-17-23)20-33-28(19-32)25(26-10-5-12-27(31)30(26)33)11-6-18-35-29-13-4-8-22-7-2-3-9-24(22)29/h2-5,7-10,12-17H,6,11,18,20H2,1H3. The van der Waals surface area contributed by atoms with Gasteiger partial charge in [0.25, 0.3) is 0 Å². The van der Waals surface area contributed by atoms with Crippen molar-refractivity contribution in [1.29, 1.82) is 5.26 Å². The van der Waals surface area contributed by atoms with E-state index >= 15 is 0 Å². The van der Waals surface area contributed by atoms with Gasteiger partial charge in [-0.05, 0) is 69.6 Å². The first-order valence-corrected chi connectivity index (χ1v) is 12.4. The van der Waals surface area contributed by atoms with Crippen LogP contribution in [0.3, 0.4) is 0 Å². The molecule has 174 valence electrons. The number of rotatable bonds is 8. The average molecular weight is 525 g/mol. The number of hydrogen-bond acceptors (Lipinski definition) is 3. The molecule has 5 rings (SSSR count). The lowest BCUT2D eigenvalue weighted by atomic mass is 10.1. The van der Waals surface area contributed by atoms with Crippen LogP contribution < -0.4 is 9.47 Å². The quantitative estimate of drug-likeness (QED) is 0.197. The van der Waals surface area contributed by atoms with E-state index in [1.165, 1.54) is 5.39 Å². The normalized spacial score (nSPS) is 11.0. The zero-order chi connectivity index (χ0) is 24.2. The second-order valence-corrected chi connectivity index (χ2v) is 9.29. The topological polar surface area (TPSA) is 47.2 Å². The molecule has 5 aromatic rings. The van der Waals surface area contributed by atoms with E-state index in [1.807, 2.05) is 60.7 Å². The summed E-state index contributed by atoms with van der Waals surface area (Å²) in [6, 6.07) is 31.0. The van der Waals surface area contributed by atoms with E-state index in [2.05, 4.69) is 50.8 Å². The summed E-state index contributed by atoms with van der Waals surface area (Å²) in [6.45, 7) is 1.19. The number of hydrogen-bond donors (Lipinski definition) is 0. The molecule has 0 aliphatic rings. The average Bonchev–Trinajstić information content (AvgIpc) is 3.20. The van der Waals surface area contributed by atoms with Gasteiger partial charge in [-0.15, -0.1) is 0 Å². The molecular weight excluding hydrogens is 500 g/mol. The molecule has 0 saturated carbocycles. The first-order valence-electron chi connectivity index (χ1n) is 11.6. The zero-order valence-corrected chi connectivity index (χ0v) is 21.1. The number of ether oxygens (including phenoxy) is 2. The second-order valence-electron chi connectivity index (χ2n) is 8.44. The minimum atomic E-state index is 0.581. The number of nitrogens with zero attached hydrogens (tertiary/aromatic N) is 2. The number of aromatic nitrogens is 1. The Balaban J connectivity index is 1.40. The van der Waals surface area contributed by atoms with Crippen LogP contribution in [0.15, 0.2) is 89.4 Å². The monoisotopic (exact) mass is 524 g/mol. The van der Waals surface area contributed by atoms with Crippen molar-refractivity contribution in [2.24, 2.45) is 0 Å². The van der Waals surface area contributed by atoms with E-state index in [0.29, 0.717) is 18.8 Å². The van der Waals surface area contributed by atoms with Crippen LogP contribution in [0.1, 0.15) is 23.2 Å². The fourth-order valence-corrected chi connectivity index (χ4v) is 5.22. The Hall–Kier alpha value is -3.75. The third kappa shape index (κ3) is 4.62. The van der Waals surface area contributed by atoms with Crippen LogP contribution in [0.25, 0.3) is 21.7 Å². The molecule has 0 unspecified atom stereocenters. The predicted molar refractivity (Wildman–Crippen MR) is 144 cm³/mol. The summed E-state index contributed by atoms with van der Waals surface area (Å²) in [5.41, 5.74) is 3.93. The summed E-state index contributed by atoms with van der Waals surface area (Å²) < 4.78 is 14.6. The van der Waals surface area contributed by atoms with Gasteiger partial charge < -0.3 is 14.0 Å². The first-order chi connectivity index (χ1) is 17.2. The molecule has 35 heavy (non-hydrogen) atoms. The summed E-state index contributed by atoms with van der Waals surface area (Å²) in [7, 11) is 1.66. The van der Waals surface area contributed by atoms with Gasteiger partial charge in [-0.1, -0.05) is 60.7 Å². The fraction of sp³-hybridized carbons (Fsp3) is 0.167. The van der Waals surface area contributed by atoms with Gasteiger partial charge in [0.15, 0.2) is 0 Å². The molecule has 0 bridgehead atoms. The van der Waals surface area contributed by atoms with Crippen LogP contribution in [0.2, 0.25) is 0 Å². The van der Waals surface area contributed by atoms with Crippen LogP contribution >= 0.6 is 15.9 Å². The van der Waals surface area contributed by atoms with Crippen LogP contribution in [0, 0.1) is 11.3 Å². The number of para-hydroxylation sites is 1. The molecule has 0 saturated heterocycles. The maximum Gasteiger partial charge on any atom is 0.127 e. The Morgan fingerprint density at radius 1 is 0.886 bits per heavy atom. The number of benzene rings is 4. The summed E-state index contributed by atoms with van der Waals surface area (Å²) >= 11 is 3.72. The Labute approximate surface area is 213 Å². The largest absolute Gasteiger partial charge is 0.497 e. The Kier molecular flexibility index (Phi) is 6.74. The first kappa shape index (κ1) is 23.0. The molecule has 0 atom stereocenters. The number of aryl methyl sites for hydroxylation is 1. The molecule has 0 fully saturated rings. The van der Waals surface area contributed by atoms with Gasteiger partial charge in [0, 0.05) is 21.8 Å². The molecular formula is C30H25BrN2O2. The summed E-state index contributed by atoms with van der Waals surface area (Å²) in [5, 5.41) is 13.6. The van der Waals surface area contributed by atoms with Crippen LogP contribution in [-0.2, 0) is 13.0 Å². The van der Waals surface area contributed by atoms with Gasteiger partial charge in [-0.25, -0.2) is 0 Å². The summed E-state index contributed by atoms with van der Waals surface area (Å²) in [6.07, 6.45) is 1.57. The molecule has 1 heterocycles. The van der Waals surface area contributed by atoms with Gasteiger partial charge in [0.05, 0.1) is 19.2 Å². The highest BCUT2D eigenvalue weighted by Crippen LogP contribution is 2.33. The number of nitriles is 1. The van der Waals surface area contributed by atoms with Gasteiger partial charge in [0.2, 0.25) is 0 Å². The summed E-state index contributed by atoms with van der Waals surface area (Å²) in [5.74, 6) is 1.72. The zero-order valence-electron chi connectivity index (χ0n) is 19.5. The van der Waals surface area contributed by atoms with E-state index in [9.17, 15) is 5.26 Å². The van der Waals surface area contributed by atoms with Gasteiger partial charge in [-0.3, -0.25) is 0 Å². The van der Waals surface area contributed by atoms with Crippen molar-refractivity contribution >= 4 is 37.6 Å². The molecule has 0 radical (unpaired) electrons. The molecule has 4 nitrogen and oxygen atoms in total. The summed E-state index contributed by atoms with van der Waals surface area (Å²) in [4.78, 5) is 0. The van der Waals surface area contributed by atoms with E-state index in [1.54, 1.807) is 7.11 Å².